The van der Waals surface area contributed by atoms with Crippen LogP contribution in [-0.4, -0.2) is 5.91 Å². The maximum absolute atomic E-state index is 11.4. The van der Waals surface area contributed by atoms with Crippen LogP contribution in [0.3, 0.4) is 0 Å². The van der Waals surface area contributed by atoms with Gasteiger partial charge in [-0.05, 0) is 12.1 Å². The molecule has 0 aliphatic rings. The van der Waals surface area contributed by atoms with Crippen LogP contribution in [0.15, 0.2) is 60.7 Å². The third-order valence-electron chi connectivity index (χ3n) is 2.36. The average molecular weight is 227 g/mol. The van der Waals surface area contributed by atoms with E-state index in [1.807, 2.05) is 48.5 Å². The smallest absolute Gasteiger partial charge is 0.263 e. The summed E-state index contributed by atoms with van der Waals surface area (Å²) in [6.07, 6.45) is -0.751. The first-order valence-corrected chi connectivity index (χ1v) is 5.33. The van der Waals surface area contributed by atoms with Crippen LogP contribution in [0, 0.1) is 0 Å². The van der Waals surface area contributed by atoms with Gasteiger partial charge in [0.2, 0.25) is 6.10 Å². The van der Waals surface area contributed by atoms with Crippen molar-refractivity contribution in [2.75, 3.05) is 0 Å². The molecule has 0 spiro atoms. The SMILES string of the molecule is NC(=O)C(Oc1ccccc1)c1ccccc1. The molecule has 17 heavy (non-hydrogen) atoms. The summed E-state index contributed by atoms with van der Waals surface area (Å²) in [5.74, 6) is 0.125. The fourth-order valence-corrected chi connectivity index (χ4v) is 1.55. The van der Waals surface area contributed by atoms with E-state index < -0.39 is 12.0 Å². The molecule has 1 unspecified atom stereocenters. The molecule has 2 N–H and O–H groups in total. The number of nitrogens with two attached hydrogens (primary N) is 1. The van der Waals surface area contributed by atoms with Crippen molar-refractivity contribution in [3.63, 3.8) is 0 Å². The number of benzene rings is 2. The van der Waals surface area contributed by atoms with Crippen molar-refractivity contribution in [2.24, 2.45) is 5.73 Å². The normalized spacial score (nSPS) is 11.8. The minimum absolute atomic E-state index is 0.500. The van der Waals surface area contributed by atoms with Crippen LogP contribution in [0.1, 0.15) is 11.7 Å². The zero-order chi connectivity index (χ0) is 12.1. The van der Waals surface area contributed by atoms with Gasteiger partial charge < -0.3 is 10.5 Å². The second-order valence-corrected chi connectivity index (χ2v) is 3.62. The predicted molar refractivity (Wildman–Crippen MR) is 65.4 cm³/mol. The standard InChI is InChI=1S/C14H13NO2/c15-14(16)13(11-7-3-1-4-8-11)17-12-9-5-2-6-10-12/h1-10,13H,(H2,15,16). The summed E-state index contributed by atoms with van der Waals surface area (Å²) in [5.41, 5.74) is 6.11. The van der Waals surface area contributed by atoms with E-state index in [9.17, 15) is 4.79 Å². The highest BCUT2D eigenvalue weighted by molar-refractivity contribution is 5.80. The molecule has 2 rings (SSSR count). The van der Waals surface area contributed by atoms with Gasteiger partial charge in [-0.15, -0.1) is 0 Å². The first kappa shape index (κ1) is 11.2. The minimum atomic E-state index is -0.751. The third kappa shape index (κ3) is 2.84. The number of para-hydroxylation sites is 1. The van der Waals surface area contributed by atoms with Crippen LogP contribution in [0.4, 0.5) is 0 Å². The Hall–Kier alpha value is -2.29. The molecule has 0 aliphatic heterocycles. The summed E-state index contributed by atoms with van der Waals surface area (Å²) in [7, 11) is 0. The van der Waals surface area contributed by atoms with Gasteiger partial charge in [0.25, 0.3) is 5.91 Å². The minimum Gasteiger partial charge on any atom is -0.476 e. The van der Waals surface area contributed by atoms with Crippen molar-refractivity contribution in [2.45, 2.75) is 6.10 Å². The van der Waals surface area contributed by atoms with Crippen molar-refractivity contribution in [3.8, 4) is 5.75 Å². The van der Waals surface area contributed by atoms with Gasteiger partial charge in [0.05, 0.1) is 0 Å². The average Bonchev–Trinajstić information content (AvgIpc) is 2.38. The van der Waals surface area contributed by atoms with E-state index in [1.165, 1.54) is 0 Å². The van der Waals surface area contributed by atoms with Crippen LogP contribution in [0.2, 0.25) is 0 Å². The van der Waals surface area contributed by atoms with E-state index in [0.717, 1.165) is 5.56 Å². The van der Waals surface area contributed by atoms with Gasteiger partial charge in [-0.2, -0.15) is 0 Å². The first-order chi connectivity index (χ1) is 8.27. The van der Waals surface area contributed by atoms with Gasteiger partial charge >= 0.3 is 0 Å². The molecule has 0 bridgehead atoms. The zero-order valence-electron chi connectivity index (χ0n) is 9.24. The second kappa shape index (κ2) is 5.16. The number of ether oxygens (including phenoxy) is 1. The fraction of sp³-hybridized carbons (Fsp3) is 0.0714. The summed E-state index contributed by atoms with van der Waals surface area (Å²) in [6, 6.07) is 18.4. The van der Waals surface area contributed by atoms with Gasteiger partial charge in [-0.3, -0.25) is 4.79 Å². The molecule has 0 saturated heterocycles. The Balaban J connectivity index is 2.23. The predicted octanol–water partition coefficient (Wildman–Crippen LogP) is 2.29. The quantitative estimate of drug-likeness (QED) is 0.871. The number of primary amides is 1. The van der Waals surface area contributed by atoms with Crippen molar-refractivity contribution < 1.29 is 9.53 Å². The molecular weight excluding hydrogens is 214 g/mol. The van der Waals surface area contributed by atoms with Crippen molar-refractivity contribution in [3.05, 3.63) is 66.2 Å². The molecule has 1 amide bonds. The van der Waals surface area contributed by atoms with Gasteiger partial charge in [0.1, 0.15) is 5.75 Å². The number of carbonyl (C=O) groups excluding carboxylic acids is 1. The van der Waals surface area contributed by atoms with Gasteiger partial charge in [-0.1, -0.05) is 48.5 Å². The molecule has 0 saturated carbocycles. The van der Waals surface area contributed by atoms with E-state index in [-0.39, 0.29) is 0 Å². The molecule has 1 atom stereocenters. The highest BCUT2D eigenvalue weighted by atomic mass is 16.5. The molecule has 2 aromatic rings. The lowest BCUT2D eigenvalue weighted by Gasteiger charge is -2.16. The van der Waals surface area contributed by atoms with Crippen LogP contribution < -0.4 is 10.5 Å². The molecule has 3 heteroatoms. The lowest BCUT2D eigenvalue weighted by Crippen LogP contribution is -2.26. The van der Waals surface area contributed by atoms with E-state index in [0.29, 0.717) is 5.75 Å². The summed E-state index contributed by atoms with van der Waals surface area (Å²) < 4.78 is 5.59. The molecule has 3 nitrogen and oxygen atoms in total. The number of hydrogen-bond acceptors (Lipinski definition) is 2. The highest BCUT2D eigenvalue weighted by Crippen LogP contribution is 2.21. The summed E-state index contributed by atoms with van der Waals surface area (Å²) in [5, 5.41) is 0. The van der Waals surface area contributed by atoms with Crippen LogP contribution in [-0.2, 0) is 4.79 Å². The maximum Gasteiger partial charge on any atom is 0.263 e. The Bertz CT molecular complexity index is 482. The topological polar surface area (TPSA) is 52.3 Å². The molecule has 0 heterocycles. The maximum atomic E-state index is 11.4. The van der Waals surface area contributed by atoms with Crippen LogP contribution in [0.5, 0.6) is 5.75 Å². The molecule has 0 aromatic heterocycles. The summed E-state index contributed by atoms with van der Waals surface area (Å²) in [4.78, 5) is 11.4. The number of hydrogen-bond donors (Lipinski definition) is 1. The Morgan fingerprint density at radius 3 is 2.00 bits per heavy atom. The molecule has 0 radical (unpaired) electrons. The number of amides is 1. The summed E-state index contributed by atoms with van der Waals surface area (Å²) in [6.45, 7) is 0. The monoisotopic (exact) mass is 227 g/mol. The van der Waals surface area contributed by atoms with Crippen molar-refractivity contribution in [1.82, 2.24) is 0 Å². The van der Waals surface area contributed by atoms with E-state index in [4.69, 9.17) is 10.5 Å². The highest BCUT2D eigenvalue weighted by Gasteiger charge is 2.19. The van der Waals surface area contributed by atoms with Crippen LogP contribution >= 0.6 is 0 Å². The largest absolute Gasteiger partial charge is 0.476 e. The Morgan fingerprint density at radius 2 is 1.47 bits per heavy atom. The Morgan fingerprint density at radius 1 is 0.941 bits per heavy atom. The molecule has 0 aliphatic carbocycles. The first-order valence-electron chi connectivity index (χ1n) is 5.33. The molecular formula is C14H13NO2. The van der Waals surface area contributed by atoms with Crippen molar-refractivity contribution in [1.29, 1.82) is 0 Å². The number of rotatable bonds is 4. The number of carbonyl (C=O) groups is 1. The molecule has 86 valence electrons. The van der Waals surface area contributed by atoms with Gasteiger partial charge in [0, 0.05) is 5.56 Å². The Labute approximate surface area is 99.8 Å². The summed E-state index contributed by atoms with van der Waals surface area (Å²) >= 11 is 0. The molecule has 0 fully saturated rings. The van der Waals surface area contributed by atoms with Crippen molar-refractivity contribution >= 4 is 5.91 Å². The lowest BCUT2D eigenvalue weighted by molar-refractivity contribution is -0.125. The zero-order valence-corrected chi connectivity index (χ0v) is 9.24. The molecule has 2 aromatic carbocycles. The lowest BCUT2D eigenvalue weighted by atomic mass is 10.1. The van der Waals surface area contributed by atoms with Gasteiger partial charge in [-0.25, -0.2) is 0 Å². The van der Waals surface area contributed by atoms with E-state index in [2.05, 4.69) is 0 Å². The van der Waals surface area contributed by atoms with Gasteiger partial charge in [0.15, 0.2) is 0 Å². The van der Waals surface area contributed by atoms with E-state index >= 15 is 0 Å². The Kier molecular flexibility index (Phi) is 3.40. The van der Waals surface area contributed by atoms with Crippen LogP contribution in [0.25, 0.3) is 0 Å². The fourth-order valence-electron chi connectivity index (χ4n) is 1.55. The second-order valence-electron chi connectivity index (χ2n) is 3.62. The van der Waals surface area contributed by atoms with E-state index in [1.54, 1.807) is 12.1 Å². The third-order valence-corrected chi connectivity index (χ3v) is 2.36.